The van der Waals surface area contributed by atoms with Gasteiger partial charge in [0.15, 0.2) is 12.6 Å². The van der Waals surface area contributed by atoms with Gasteiger partial charge in [0.25, 0.3) is 0 Å². The molecule has 4 aliphatic heterocycles. The van der Waals surface area contributed by atoms with E-state index in [-0.39, 0.29) is 24.2 Å². The number of hydrogen-bond acceptors (Lipinski definition) is 12. The number of fused-ring (bicyclic) bond motifs is 2. The van der Waals surface area contributed by atoms with E-state index >= 15 is 0 Å². The van der Waals surface area contributed by atoms with Crippen LogP contribution in [-0.4, -0.2) is 132 Å². The van der Waals surface area contributed by atoms with Gasteiger partial charge in [-0.1, -0.05) is 34.1 Å². The molecule has 0 saturated carbocycles. The molecule has 4 rings (SSSR count). The Morgan fingerprint density at radius 1 is 0.920 bits per heavy atom. The number of aliphatic hydroxyl groups is 3. The van der Waals surface area contributed by atoms with Crippen molar-refractivity contribution in [2.24, 2.45) is 23.7 Å². The van der Waals surface area contributed by atoms with Gasteiger partial charge in [0.1, 0.15) is 17.8 Å². The average molecular weight is 716 g/mol. The lowest BCUT2D eigenvalue weighted by molar-refractivity contribution is -0.311. The number of nitrogens with zero attached hydrogens (tertiary/aromatic N) is 1. The fraction of sp³-hybridized carbons (Fsp3) is 0.974. The van der Waals surface area contributed by atoms with Gasteiger partial charge in [-0.3, -0.25) is 4.79 Å². The Kier molecular flexibility index (Phi) is 13.6. The Morgan fingerprint density at radius 3 is 2.18 bits per heavy atom. The molecule has 5 unspecified atom stereocenters. The molecule has 4 heterocycles. The number of hydrogen-bond donors (Lipinski definition) is 3. The molecule has 292 valence electrons. The number of carbonyl (C=O) groups excluding carboxylic acids is 1. The summed E-state index contributed by atoms with van der Waals surface area (Å²) in [6.07, 6.45) is -3.86. The van der Waals surface area contributed by atoms with Gasteiger partial charge in [0.2, 0.25) is 0 Å². The van der Waals surface area contributed by atoms with Crippen molar-refractivity contribution in [3.05, 3.63) is 0 Å². The summed E-state index contributed by atoms with van der Waals surface area (Å²) in [5, 5.41) is 35.3. The molecule has 0 aromatic carbocycles. The van der Waals surface area contributed by atoms with Crippen LogP contribution in [0.3, 0.4) is 0 Å². The van der Waals surface area contributed by atoms with Gasteiger partial charge < -0.3 is 53.4 Å². The lowest BCUT2D eigenvalue weighted by atomic mass is 9.76. The molecule has 50 heavy (non-hydrogen) atoms. The van der Waals surface area contributed by atoms with Crippen LogP contribution in [0.1, 0.15) is 108 Å². The first-order valence-corrected chi connectivity index (χ1v) is 19.0. The number of aliphatic hydroxyl groups excluding tert-OH is 2. The van der Waals surface area contributed by atoms with Crippen LogP contribution in [0.25, 0.3) is 0 Å². The van der Waals surface area contributed by atoms with Crippen LogP contribution in [0.4, 0.5) is 0 Å². The van der Waals surface area contributed by atoms with Crippen molar-refractivity contribution in [1.29, 1.82) is 0 Å². The number of rotatable bonds is 8. The van der Waals surface area contributed by atoms with Gasteiger partial charge in [-0.2, -0.15) is 0 Å². The zero-order valence-electron chi connectivity index (χ0n) is 33.0. The van der Waals surface area contributed by atoms with Crippen LogP contribution in [0, 0.1) is 23.7 Å². The standard InChI is InChI=1S/C38H69NO11/c1-14-15-27-38(10,43)32(41)23(5)30-20(2)17-37(9,50-30)33(49-35-29(40)26(39(11)12)16-21(3)46-35)24(6)31(25(7)34(42)47-27)48-28-19-36(8,44-13)18-22(4)45-28/h20-33,35,40-41,43H,14-19H2,1-13H3/t20?,21-,22+,23+,24+,25-,26+,27?,28?,29-,30?,31+,32-,33-,35?,36+,37-,38-/m1/s1. The SMILES string of the molecule is CCCC1OC(=O)[C@H](C)[C@@H](OC2C[C@@](C)(OC)C[C@H](C)O2)[C@H](C)[C@@H](OC2O[C@H](C)C[C@H](N(C)C)[C@H]2O)[C@@]2(C)CC(C)C(O2)[C@H](C)[C@@H](O)[C@]1(C)O. The van der Waals surface area contributed by atoms with Crippen LogP contribution >= 0.6 is 0 Å². The predicted octanol–water partition coefficient (Wildman–Crippen LogP) is 4.04. The molecule has 4 aliphatic rings. The Labute approximate surface area is 300 Å². The first-order chi connectivity index (χ1) is 23.2. The van der Waals surface area contributed by atoms with Crippen molar-refractivity contribution in [3.8, 4) is 0 Å². The van der Waals surface area contributed by atoms with Gasteiger partial charge in [-0.15, -0.1) is 0 Å². The second-order valence-electron chi connectivity index (χ2n) is 17.1. The molecule has 4 saturated heterocycles. The third-order valence-corrected chi connectivity index (χ3v) is 12.3. The van der Waals surface area contributed by atoms with E-state index in [9.17, 15) is 20.1 Å². The summed E-state index contributed by atoms with van der Waals surface area (Å²) in [5.74, 6) is -2.46. The maximum Gasteiger partial charge on any atom is 0.311 e. The maximum atomic E-state index is 14.2. The van der Waals surface area contributed by atoms with E-state index in [4.69, 9.17) is 33.2 Å². The molecular formula is C38H69NO11. The van der Waals surface area contributed by atoms with Gasteiger partial charge >= 0.3 is 5.97 Å². The van der Waals surface area contributed by atoms with Gasteiger partial charge in [-0.05, 0) is 80.8 Å². The normalized spacial score (nSPS) is 51.1. The van der Waals surface area contributed by atoms with E-state index in [0.29, 0.717) is 38.5 Å². The minimum atomic E-state index is -1.75. The quantitative estimate of drug-likeness (QED) is 0.312. The Balaban J connectivity index is 1.83. The third kappa shape index (κ3) is 8.71. The molecule has 0 aromatic rings. The molecule has 12 nitrogen and oxygen atoms in total. The number of esters is 1. The summed E-state index contributed by atoms with van der Waals surface area (Å²) in [5.41, 5.74) is -3.20. The number of likely N-dealkylation sites (N-methyl/N-ethyl adjacent to an activating group) is 1. The second kappa shape index (κ2) is 16.2. The smallest absolute Gasteiger partial charge is 0.311 e. The van der Waals surface area contributed by atoms with E-state index in [0.717, 1.165) is 0 Å². The molecule has 0 aliphatic carbocycles. The summed E-state index contributed by atoms with van der Waals surface area (Å²) in [6, 6.07) is -0.199. The fourth-order valence-corrected chi connectivity index (χ4v) is 9.37. The average Bonchev–Trinajstić information content (AvgIpc) is 3.35. The Hall–Kier alpha value is -0.930. The maximum absolute atomic E-state index is 14.2. The van der Waals surface area contributed by atoms with Crippen molar-refractivity contribution in [3.63, 3.8) is 0 Å². The first-order valence-electron chi connectivity index (χ1n) is 19.0. The first kappa shape index (κ1) is 41.8. The molecular weight excluding hydrogens is 646 g/mol. The minimum absolute atomic E-state index is 0.0266. The van der Waals surface area contributed by atoms with Gasteiger partial charge in [0.05, 0.1) is 53.7 Å². The summed E-state index contributed by atoms with van der Waals surface area (Å²) in [4.78, 5) is 16.2. The van der Waals surface area contributed by atoms with E-state index in [2.05, 4.69) is 6.92 Å². The number of carbonyl (C=O) groups is 1. The fourth-order valence-electron chi connectivity index (χ4n) is 9.37. The molecule has 0 radical (unpaired) electrons. The highest BCUT2D eigenvalue weighted by molar-refractivity contribution is 5.73. The predicted molar refractivity (Wildman–Crippen MR) is 187 cm³/mol. The largest absolute Gasteiger partial charge is 0.459 e. The highest BCUT2D eigenvalue weighted by Crippen LogP contribution is 2.48. The molecule has 0 aromatic heterocycles. The van der Waals surface area contributed by atoms with Crippen LogP contribution in [-0.2, 0) is 38.0 Å². The zero-order valence-corrected chi connectivity index (χ0v) is 33.0. The van der Waals surface area contributed by atoms with Crippen LogP contribution in [0.2, 0.25) is 0 Å². The summed E-state index contributed by atoms with van der Waals surface area (Å²) < 4.78 is 45.5. The second-order valence-corrected chi connectivity index (χ2v) is 17.1. The van der Waals surface area contributed by atoms with E-state index in [1.807, 2.05) is 67.5 Å². The molecule has 18 atom stereocenters. The van der Waals surface area contributed by atoms with Gasteiger partial charge in [0, 0.05) is 37.8 Å². The molecule has 3 N–H and O–H groups in total. The number of methoxy groups -OCH3 is 1. The molecule has 0 spiro atoms. The zero-order chi connectivity index (χ0) is 37.5. The number of cyclic esters (lactones) is 1. The van der Waals surface area contributed by atoms with Crippen molar-refractivity contribution in [2.45, 2.75) is 192 Å². The van der Waals surface area contributed by atoms with Crippen molar-refractivity contribution < 1.29 is 53.3 Å². The van der Waals surface area contributed by atoms with Crippen LogP contribution in [0.15, 0.2) is 0 Å². The Bertz CT molecular complexity index is 1120. The highest BCUT2D eigenvalue weighted by atomic mass is 16.7. The van der Waals surface area contributed by atoms with E-state index in [1.165, 1.54) is 0 Å². The Morgan fingerprint density at radius 2 is 1.58 bits per heavy atom. The monoisotopic (exact) mass is 715 g/mol. The van der Waals surface area contributed by atoms with Gasteiger partial charge in [-0.25, -0.2) is 0 Å². The summed E-state index contributed by atoms with van der Waals surface area (Å²) >= 11 is 0. The third-order valence-electron chi connectivity index (χ3n) is 12.3. The lowest BCUT2D eigenvalue weighted by Crippen LogP contribution is -2.59. The molecule has 2 bridgehead atoms. The lowest BCUT2D eigenvalue weighted by Gasteiger charge is -2.48. The summed E-state index contributed by atoms with van der Waals surface area (Å²) in [7, 11) is 5.55. The number of ether oxygens (including phenoxy) is 7. The van der Waals surface area contributed by atoms with E-state index < -0.39 is 89.7 Å². The summed E-state index contributed by atoms with van der Waals surface area (Å²) in [6.45, 7) is 19.2. The van der Waals surface area contributed by atoms with Crippen molar-refractivity contribution in [1.82, 2.24) is 4.90 Å². The minimum Gasteiger partial charge on any atom is -0.459 e. The van der Waals surface area contributed by atoms with Crippen molar-refractivity contribution in [2.75, 3.05) is 21.2 Å². The topological polar surface area (TPSA) is 146 Å². The highest BCUT2D eigenvalue weighted by Gasteiger charge is 2.57. The van der Waals surface area contributed by atoms with E-state index in [1.54, 1.807) is 21.0 Å². The van der Waals surface area contributed by atoms with Crippen LogP contribution in [0.5, 0.6) is 0 Å². The van der Waals surface area contributed by atoms with Crippen LogP contribution < -0.4 is 0 Å². The molecule has 12 heteroatoms. The van der Waals surface area contributed by atoms with Crippen molar-refractivity contribution >= 4 is 5.97 Å². The molecule has 0 amide bonds. The molecule has 4 fully saturated rings.